The predicted molar refractivity (Wildman–Crippen MR) is 108 cm³/mol. The number of aryl methyl sites for hydroxylation is 1. The van der Waals surface area contributed by atoms with E-state index in [9.17, 15) is 9.59 Å². The number of amides is 1. The van der Waals surface area contributed by atoms with Crippen molar-refractivity contribution in [2.45, 2.75) is 19.8 Å². The number of hydrogen-bond acceptors (Lipinski definition) is 5. The number of ketones is 1. The lowest BCUT2D eigenvalue weighted by Gasteiger charge is -2.31. The summed E-state index contributed by atoms with van der Waals surface area (Å²) >= 11 is 0. The van der Waals surface area contributed by atoms with Crippen LogP contribution in [0.2, 0.25) is 0 Å². The van der Waals surface area contributed by atoms with Crippen molar-refractivity contribution in [2.24, 2.45) is 5.92 Å². The molecule has 0 saturated carbocycles. The zero-order valence-corrected chi connectivity index (χ0v) is 16.8. The maximum Gasteiger partial charge on any atom is 0.253 e. The van der Waals surface area contributed by atoms with E-state index in [1.807, 2.05) is 24.0 Å². The van der Waals surface area contributed by atoms with Gasteiger partial charge in [0.2, 0.25) is 0 Å². The van der Waals surface area contributed by atoms with E-state index < -0.39 is 0 Å². The maximum absolute atomic E-state index is 12.9. The van der Waals surface area contributed by atoms with Crippen molar-refractivity contribution < 1.29 is 23.8 Å². The van der Waals surface area contributed by atoms with E-state index in [1.54, 1.807) is 31.4 Å². The summed E-state index contributed by atoms with van der Waals surface area (Å²) in [7, 11) is 1.60. The van der Waals surface area contributed by atoms with Crippen LogP contribution in [0.25, 0.3) is 0 Å². The molecule has 2 aliphatic heterocycles. The minimum absolute atomic E-state index is 0.0199. The average molecular weight is 395 g/mol. The lowest BCUT2D eigenvalue weighted by Crippen LogP contribution is -2.40. The molecule has 1 fully saturated rings. The summed E-state index contributed by atoms with van der Waals surface area (Å²) in [6.45, 7) is 4.10. The Labute approximate surface area is 170 Å². The molecule has 0 spiro atoms. The highest BCUT2D eigenvalue weighted by molar-refractivity contribution is 5.99. The third-order valence-corrected chi connectivity index (χ3v) is 5.63. The molecule has 152 valence electrons. The first-order valence-corrected chi connectivity index (χ1v) is 9.94. The Balaban J connectivity index is 1.40. The molecule has 2 aliphatic rings. The van der Waals surface area contributed by atoms with E-state index in [0.29, 0.717) is 67.5 Å². The Morgan fingerprint density at radius 2 is 1.66 bits per heavy atom. The van der Waals surface area contributed by atoms with Crippen molar-refractivity contribution in [1.29, 1.82) is 0 Å². The fraction of sp³-hybridized carbons (Fsp3) is 0.391. The molecule has 0 aromatic heterocycles. The molecule has 0 unspecified atom stereocenters. The Hall–Kier alpha value is -3.02. The molecule has 2 aromatic rings. The second-order valence-electron chi connectivity index (χ2n) is 7.47. The Kier molecular flexibility index (Phi) is 5.43. The van der Waals surface area contributed by atoms with Crippen molar-refractivity contribution in [3.8, 4) is 17.2 Å². The fourth-order valence-corrected chi connectivity index (χ4v) is 3.91. The number of ether oxygens (including phenoxy) is 3. The SMILES string of the molecule is COc1cc(C(=O)N2CCC(C(=O)c3ccc4c(c3)OCCO4)CC2)ccc1C. The van der Waals surface area contributed by atoms with Gasteiger partial charge in [-0.15, -0.1) is 0 Å². The van der Waals surface area contributed by atoms with Crippen LogP contribution in [0.5, 0.6) is 17.2 Å². The van der Waals surface area contributed by atoms with Crippen LogP contribution in [-0.4, -0.2) is 50.0 Å². The summed E-state index contributed by atoms with van der Waals surface area (Å²) in [5, 5.41) is 0. The molecule has 4 rings (SSSR count). The quantitative estimate of drug-likeness (QED) is 0.742. The van der Waals surface area contributed by atoms with Gasteiger partial charge in [-0.1, -0.05) is 6.07 Å². The van der Waals surface area contributed by atoms with Gasteiger partial charge in [-0.3, -0.25) is 9.59 Å². The largest absolute Gasteiger partial charge is 0.496 e. The molecule has 6 nitrogen and oxygen atoms in total. The number of nitrogens with zero attached hydrogens (tertiary/aromatic N) is 1. The smallest absolute Gasteiger partial charge is 0.253 e. The first-order chi connectivity index (χ1) is 14.1. The highest BCUT2D eigenvalue weighted by Gasteiger charge is 2.29. The number of piperidine rings is 1. The van der Waals surface area contributed by atoms with Crippen molar-refractivity contribution in [3.63, 3.8) is 0 Å². The van der Waals surface area contributed by atoms with Gasteiger partial charge in [0.25, 0.3) is 5.91 Å². The summed E-state index contributed by atoms with van der Waals surface area (Å²) in [6, 6.07) is 10.9. The standard InChI is InChI=1S/C23H25NO5/c1-15-3-4-18(14-20(15)27-2)23(26)24-9-7-16(8-10-24)22(25)17-5-6-19-21(13-17)29-12-11-28-19/h3-6,13-14,16H,7-12H2,1-2H3. The lowest BCUT2D eigenvalue weighted by molar-refractivity contribution is 0.0650. The van der Waals surface area contributed by atoms with Crippen LogP contribution in [0.15, 0.2) is 36.4 Å². The monoisotopic (exact) mass is 395 g/mol. The number of benzene rings is 2. The summed E-state index contributed by atoms with van der Waals surface area (Å²) in [5.74, 6) is 2.01. The second kappa shape index (κ2) is 8.15. The molecule has 1 saturated heterocycles. The van der Waals surface area contributed by atoms with E-state index in [2.05, 4.69) is 0 Å². The Bertz CT molecular complexity index is 931. The lowest BCUT2D eigenvalue weighted by atomic mass is 9.88. The Morgan fingerprint density at radius 3 is 2.38 bits per heavy atom. The van der Waals surface area contributed by atoms with Gasteiger partial charge in [-0.2, -0.15) is 0 Å². The van der Waals surface area contributed by atoms with E-state index in [-0.39, 0.29) is 17.6 Å². The third-order valence-electron chi connectivity index (χ3n) is 5.63. The second-order valence-corrected chi connectivity index (χ2v) is 7.47. The molecule has 1 amide bonds. The van der Waals surface area contributed by atoms with Gasteiger partial charge >= 0.3 is 0 Å². The van der Waals surface area contributed by atoms with Crippen LogP contribution in [0, 0.1) is 12.8 Å². The van der Waals surface area contributed by atoms with Gasteiger partial charge in [0.1, 0.15) is 19.0 Å². The number of methoxy groups -OCH3 is 1. The van der Waals surface area contributed by atoms with Crippen molar-refractivity contribution in [2.75, 3.05) is 33.4 Å². The normalized spacial score (nSPS) is 16.4. The molecule has 0 bridgehead atoms. The molecular formula is C23H25NO5. The maximum atomic E-state index is 12.9. The first kappa shape index (κ1) is 19.3. The fourth-order valence-electron chi connectivity index (χ4n) is 3.91. The minimum Gasteiger partial charge on any atom is -0.496 e. The molecule has 0 N–H and O–H groups in total. The van der Waals surface area contributed by atoms with E-state index in [1.165, 1.54) is 0 Å². The summed E-state index contributed by atoms with van der Waals surface area (Å²) in [4.78, 5) is 27.6. The average Bonchev–Trinajstić information content (AvgIpc) is 2.78. The molecule has 0 atom stereocenters. The molecule has 0 radical (unpaired) electrons. The summed E-state index contributed by atoms with van der Waals surface area (Å²) < 4.78 is 16.4. The zero-order chi connectivity index (χ0) is 20.4. The molecular weight excluding hydrogens is 370 g/mol. The minimum atomic E-state index is -0.0887. The summed E-state index contributed by atoms with van der Waals surface area (Å²) in [6.07, 6.45) is 1.31. The van der Waals surface area contributed by atoms with E-state index in [4.69, 9.17) is 14.2 Å². The van der Waals surface area contributed by atoms with Crippen molar-refractivity contribution >= 4 is 11.7 Å². The van der Waals surface area contributed by atoms with Crippen molar-refractivity contribution in [1.82, 2.24) is 4.90 Å². The van der Waals surface area contributed by atoms with Crippen LogP contribution in [-0.2, 0) is 0 Å². The zero-order valence-electron chi connectivity index (χ0n) is 16.8. The van der Waals surface area contributed by atoms with Crippen LogP contribution in [0.3, 0.4) is 0 Å². The number of hydrogen-bond donors (Lipinski definition) is 0. The summed E-state index contributed by atoms with van der Waals surface area (Å²) in [5.41, 5.74) is 2.25. The molecule has 2 aromatic carbocycles. The number of likely N-dealkylation sites (tertiary alicyclic amines) is 1. The number of rotatable bonds is 4. The van der Waals surface area contributed by atoms with E-state index >= 15 is 0 Å². The Morgan fingerprint density at radius 1 is 0.966 bits per heavy atom. The van der Waals surface area contributed by atoms with Crippen LogP contribution in [0.1, 0.15) is 39.1 Å². The van der Waals surface area contributed by atoms with Gasteiger partial charge in [0, 0.05) is 30.1 Å². The van der Waals surface area contributed by atoms with Crippen LogP contribution in [0.4, 0.5) is 0 Å². The van der Waals surface area contributed by atoms with Gasteiger partial charge in [-0.25, -0.2) is 0 Å². The van der Waals surface area contributed by atoms with Gasteiger partial charge in [-0.05, 0) is 55.7 Å². The number of carbonyl (C=O) groups excluding carboxylic acids is 2. The molecule has 29 heavy (non-hydrogen) atoms. The van der Waals surface area contributed by atoms with Crippen molar-refractivity contribution in [3.05, 3.63) is 53.1 Å². The highest BCUT2D eigenvalue weighted by Crippen LogP contribution is 2.33. The number of Topliss-reactive ketones (excluding diaryl/α,β-unsaturated/α-hetero) is 1. The van der Waals surface area contributed by atoms with E-state index in [0.717, 1.165) is 5.56 Å². The number of carbonyl (C=O) groups is 2. The number of fused-ring (bicyclic) bond motifs is 1. The van der Waals surface area contributed by atoms with Gasteiger partial charge in [0.05, 0.1) is 7.11 Å². The van der Waals surface area contributed by atoms with Crippen LogP contribution >= 0.6 is 0 Å². The topological polar surface area (TPSA) is 65.1 Å². The predicted octanol–water partition coefficient (Wildman–Crippen LogP) is 3.51. The molecule has 6 heteroatoms. The molecule has 2 heterocycles. The third kappa shape index (κ3) is 3.92. The first-order valence-electron chi connectivity index (χ1n) is 9.94. The molecule has 0 aliphatic carbocycles. The van der Waals surface area contributed by atoms with Gasteiger partial charge in [0.15, 0.2) is 17.3 Å². The van der Waals surface area contributed by atoms with Crippen LogP contribution < -0.4 is 14.2 Å². The van der Waals surface area contributed by atoms with Gasteiger partial charge < -0.3 is 19.1 Å². The highest BCUT2D eigenvalue weighted by atomic mass is 16.6.